The van der Waals surface area contributed by atoms with E-state index in [-0.39, 0.29) is 16.7 Å². The summed E-state index contributed by atoms with van der Waals surface area (Å²) in [5, 5.41) is 3.63. The number of nitrogens with zero attached hydrogens (tertiary/aromatic N) is 2. The van der Waals surface area contributed by atoms with Crippen molar-refractivity contribution in [2.45, 2.75) is 37.5 Å². The second-order valence-corrected chi connectivity index (χ2v) is 9.80. The minimum absolute atomic E-state index is 0.176. The van der Waals surface area contributed by atoms with Crippen LogP contribution in [0.3, 0.4) is 0 Å². The van der Waals surface area contributed by atoms with Gasteiger partial charge in [-0.1, -0.05) is 38.1 Å². The van der Waals surface area contributed by atoms with Crippen LogP contribution < -0.4 is 5.32 Å². The maximum Gasteiger partial charge on any atom is 0.256 e. The quantitative estimate of drug-likeness (QED) is 0.660. The Labute approximate surface area is 177 Å². The lowest BCUT2D eigenvalue weighted by Crippen LogP contribution is -2.27. The zero-order chi connectivity index (χ0) is 21.3. The number of fused-ring (bicyclic) bond motifs is 1. The highest BCUT2D eigenvalue weighted by molar-refractivity contribution is 7.89. The summed E-state index contributed by atoms with van der Waals surface area (Å²) in [7, 11) is -3.54. The van der Waals surface area contributed by atoms with E-state index in [2.05, 4.69) is 10.3 Å². The first-order chi connectivity index (χ1) is 14.4. The molecule has 0 saturated carbocycles. The Morgan fingerprint density at radius 3 is 2.50 bits per heavy atom. The third kappa shape index (κ3) is 3.95. The normalized spacial score (nSPS) is 15.0. The molecule has 1 aromatic heterocycles. The monoisotopic (exact) mass is 423 g/mol. The second-order valence-electron chi connectivity index (χ2n) is 7.86. The van der Waals surface area contributed by atoms with Crippen LogP contribution in [0.25, 0.3) is 10.9 Å². The molecule has 2 aromatic carbocycles. The summed E-state index contributed by atoms with van der Waals surface area (Å²) < 4.78 is 27.2. The third-order valence-electron chi connectivity index (χ3n) is 5.37. The van der Waals surface area contributed by atoms with Crippen LogP contribution in [0.15, 0.2) is 59.5 Å². The molecule has 0 aliphatic carbocycles. The van der Waals surface area contributed by atoms with Gasteiger partial charge in [0.1, 0.15) is 0 Å². The van der Waals surface area contributed by atoms with E-state index in [1.165, 1.54) is 10.4 Å². The number of carbonyl (C=O) groups excluding carboxylic acids is 1. The van der Waals surface area contributed by atoms with Crippen molar-refractivity contribution < 1.29 is 13.2 Å². The third-order valence-corrected chi connectivity index (χ3v) is 7.26. The lowest BCUT2D eigenvalue weighted by Gasteiger charge is -2.16. The van der Waals surface area contributed by atoms with E-state index in [9.17, 15) is 13.2 Å². The first-order valence-corrected chi connectivity index (χ1v) is 11.6. The first-order valence-electron chi connectivity index (χ1n) is 10.2. The molecule has 1 aliphatic rings. The summed E-state index contributed by atoms with van der Waals surface area (Å²) in [4.78, 5) is 18.0. The topological polar surface area (TPSA) is 79.4 Å². The number of rotatable bonds is 5. The molecule has 0 radical (unpaired) electrons. The number of nitrogens with one attached hydrogen (secondary N) is 1. The molecule has 0 atom stereocenters. The molecule has 30 heavy (non-hydrogen) atoms. The summed E-state index contributed by atoms with van der Waals surface area (Å²) in [5.74, 6) is -0.110. The molecule has 1 amide bonds. The number of aromatic nitrogens is 1. The van der Waals surface area contributed by atoms with Crippen molar-refractivity contribution in [3.8, 4) is 0 Å². The van der Waals surface area contributed by atoms with E-state index in [0.717, 1.165) is 29.4 Å². The van der Waals surface area contributed by atoms with Gasteiger partial charge in [-0.15, -0.1) is 0 Å². The Hall–Kier alpha value is -2.77. The van der Waals surface area contributed by atoms with Crippen molar-refractivity contribution in [1.29, 1.82) is 0 Å². The number of sulfonamides is 1. The van der Waals surface area contributed by atoms with Gasteiger partial charge in [0.05, 0.1) is 16.0 Å². The number of pyridine rings is 1. The number of hydrogen-bond donors (Lipinski definition) is 1. The molecule has 1 fully saturated rings. The average Bonchev–Trinajstić information content (AvgIpc) is 3.29. The predicted molar refractivity (Wildman–Crippen MR) is 118 cm³/mol. The summed E-state index contributed by atoms with van der Waals surface area (Å²) in [6.45, 7) is 5.15. The Morgan fingerprint density at radius 2 is 1.77 bits per heavy atom. The van der Waals surface area contributed by atoms with Gasteiger partial charge in [0.25, 0.3) is 5.91 Å². The molecule has 1 N–H and O–H groups in total. The lowest BCUT2D eigenvalue weighted by atomic mass is 10.0. The summed E-state index contributed by atoms with van der Waals surface area (Å²) in [5.41, 5.74) is 2.58. The molecule has 4 rings (SSSR count). The van der Waals surface area contributed by atoms with E-state index in [4.69, 9.17) is 0 Å². The Morgan fingerprint density at radius 1 is 1.03 bits per heavy atom. The second kappa shape index (κ2) is 8.16. The SMILES string of the molecule is CC(C)c1cc(C(=O)Nc2cccc(S(=O)(=O)N3CCCC3)c2)c2ccccc2n1. The number of carbonyl (C=O) groups is 1. The minimum Gasteiger partial charge on any atom is -0.322 e. The van der Waals surface area contributed by atoms with Crippen LogP contribution in [0.5, 0.6) is 0 Å². The van der Waals surface area contributed by atoms with Gasteiger partial charge >= 0.3 is 0 Å². The van der Waals surface area contributed by atoms with Crippen molar-refractivity contribution in [1.82, 2.24) is 9.29 Å². The van der Waals surface area contributed by atoms with Crippen LogP contribution in [-0.2, 0) is 10.0 Å². The summed E-state index contributed by atoms with van der Waals surface area (Å²) in [6, 6.07) is 15.8. The zero-order valence-corrected chi connectivity index (χ0v) is 17.9. The number of para-hydroxylation sites is 1. The minimum atomic E-state index is -3.54. The zero-order valence-electron chi connectivity index (χ0n) is 17.1. The van der Waals surface area contributed by atoms with Crippen LogP contribution in [-0.4, -0.2) is 36.7 Å². The van der Waals surface area contributed by atoms with Gasteiger partial charge in [-0.2, -0.15) is 4.31 Å². The van der Waals surface area contributed by atoms with E-state index in [1.807, 2.05) is 44.2 Å². The number of benzene rings is 2. The lowest BCUT2D eigenvalue weighted by molar-refractivity contribution is 0.102. The summed E-state index contributed by atoms with van der Waals surface area (Å²) in [6.07, 6.45) is 1.76. The maximum atomic E-state index is 13.1. The van der Waals surface area contributed by atoms with Crippen LogP contribution >= 0.6 is 0 Å². The highest BCUT2D eigenvalue weighted by Crippen LogP contribution is 2.26. The fraction of sp³-hybridized carbons (Fsp3) is 0.304. The molecule has 0 bridgehead atoms. The van der Waals surface area contributed by atoms with Crippen molar-refractivity contribution in [2.75, 3.05) is 18.4 Å². The molecule has 156 valence electrons. The Balaban J connectivity index is 1.67. The smallest absolute Gasteiger partial charge is 0.256 e. The van der Waals surface area contributed by atoms with Crippen LogP contribution in [0.1, 0.15) is 48.7 Å². The highest BCUT2D eigenvalue weighted by Gasteiger charge is 2.27. The molecule has 2 heterocycles. The molecular formula is C23H25N3O3S. The van der Waals surface area contributed by atoms with Crippen molar-refractivity contribution >= 4 is 32.5 Å². The van der Waals surface area contributed by atoms with Gasteiger partial charge in [-0.3, -0.25) is 9.78 Å². The van der Waals surface area contributed by atoms with Gasteiger partial charge in [0.2, 0.25) is 10.0 Å². The molecule has 0 unspecified atom stereocenters. The van der Waals surface area contributed by atoms with Crippen molar-refractivity contribution in [3.05, 3.63) is 65.9 Å². The number of amides is 1. The van der Waals surface area contributed by atoms with E-state index in [0.29, 0.717) is 24.3 Å². The average molecular weight is 424 g/mol. The first kappa shape index (κ1) is 20.5. The van der Waals surface area contributed by atoms with Gasteiger partial charge < -0.3 is 5.32 Å². The molecule has 7 heteroatoms. The van der Waals surface area contributed by atoms with Crippen LogP contribution in [0.4, 0.5) is 5.69 Å². The fourth-order valence-corrected chi connectivity index (χ4v) is 5.25. The van der Waals surface area contributed by atoms with Gasteiger partial charge in [-0.25, -0.2) is 8.42 Å². The van der Waals surface area contributed by atoms with Gasteiger partial charge in [-0.05, 0) is 49.1 Å². The van der Waals surface area contributed by atoms with Gasteiger partial charge in [0.15, 0.2) is 0 Å². The largest absolute Gasteiger partial charge is 0.322 e. The predicted octanol–water partition coefficient (Wildman–Crippen LogP) is 4.40. The Bertz CT molecular complexity index is 1200. The van der Waals surface area contributed by atoms with Crippen LogP contribution in [0.2, 0.25) is 0 Å². The molecule has 1 aliphatic heterocycles. The standard InChI is InChI=1S/C23H25N3O3S/c1-16(2)22-15-20(19-10-3-4-11-21(19)25-22)23(27)24-17-8-7-9-18(14-17)30(28,29)26-12-5-6-13-26/h3-4,7-11,14-16H,5-6,12-13H2,1-2H3,(H,24,27). The van der Waals surface area contributed by atoms with Crippen molar-refractivity contribution in [2.24, 2.45) is 0 Å². The molecule has 3 aromatic rings. The molecular weight excluding hydrogens is 398 g/mol. The van der Waals surface area contributed by atoms with Crippen molar-refractivity contribution in [3.63, 3.8) is 0 Å². The molecule has 6 nitrogen and oxygen atoms in total. The van der Waals surface area contributed by atoms with E-state index < -0.39 is 10.0 Å². The van der Waals surface area contributed by atoms with E-state index >= 15 is 0 Å². The highest BCUT2D eigenvalue weighted by atomic mass is 32.2. The van der Waals surface area contributed by atoms with Gasteiger partial charge in [0, 0.05) is 29.9 Å². The molecule has 0 spiro atoms. The molecule has 1 saturated heterocycles. The number of hydrogen-bond acceptors (Lipinski definition) is 4. The maximum absolute atomic E-state index is 13.1. The fourth-order valence-electron chi connectivity index (χ4n) is 3.69. The number of anilines is 1. The van der Waals surface area contributed by atoms with Crippen LogP contribution in [0, 0.1) is 0 Å². The summed E-state index contributed by atoms with van der Waals surface area (Å²) >= 11 is 0. The Kier molecular flexibility index (Phi) is 5.58. The van der Waals surface area contributed by atoms with E-state index in [1.54, 1.807) is 18.2 Å².